The lowest BCUT2D eigenvalue weighted by atomic mass is 10.5. The van der Waals surface area contributed by atoms with Crippen LogP contribution in [0.25, 0.3) is 0 Å². The third kappa shape index (κ3) is 4.58. The zero-order chi connectivity index (χ0) is 7.98. The molecular weight excluding hydrogens is 134 g/mol. The number of carbonyl (C=O) groups excluding carboxylic acids is 1. The van der Waals surface area contributed by atoms with Gasteiger partial charge in [-0.15, -0.1) is 0 Å². The standard InChI is InChI=1S/C6H7NO3/c1-2-7-5(8)3-4-6(9)10/h2-4H,1H2,(H,7,8)(H,9,10). The van der Waals surface area contributed by atoms with E-state index in [2.05, 4.69) is 11.9 Å². The molecule has 0 aromatic heterocycles. The second-order valence-electron chi connectivity index (χ2n) is 1.38. The number of amides is 1. The second kappa shape index (κ2) is 4.31. The third-order valence-electron chi connectivity index (χ3n) is 0.622. The third-order valence-corrected chi connectivity index (χ3v) is 0.622. The fourth-order valence-corrected chi connectivity index (χ4v) is 0.296. The molecule has 0 rings (SSSR count). The maximum Gasteiger partial charge on any atom is 0.328 e. The fourth-order valence-electron chi connectivity index (χ4n) is 0.296. The van der Waals surface area contributed by atoms with Crippen molar-refractivity contribution in [1.82, 2.24) is 5.32 Å². The van der Waals surface area contributed by atoms with E-state index < -0.39 is 11.9 Å². The molecule has 0 aliphatic rings. The molecule has 0 fully saturated rings. The van der Waals surface area contributed by atoms with Gasteiger partial charge in [-0.3, -0.25) is 4.79 Å². The summed E-state index contributed by atoms with van der Waals surface area (Å²) in [5.41, 5.74) is 0. The van der Waals surface area contributed by atoms with Crippen molar-refractivity contribution in [3.63, 3.8) is 0 Å². The van der Waals surface area contributed by atoms with Gasteiger partial charge in [-0.25, -0.2) is 4.79 Å². The van der Waals surface area contributed by atoms with E-state index in [0.29, 0.717) is 0 Å². The molecule has 4 nitrogen and oxygen atoms in total. The highest BCUT2D eigenvalue weighted by molar-refractivity contribution is 5.94. The van der Waals surface area contributed by atoms with Crippen molar-refractivity contribution >= 4 is 11.9 Å². The van der Waals surface area contributed by atoms with Crippen molar-refractivity contribution in [3.05, 3.63) is 24.9 Å². The van der Waals surface area contributed by atoms with Crippen LogP contribution < -0.4 is 5.32 Å². The molecule has 0 radical (unpaired) electrons. The number of hydrogen-bond donors (Lipinski definition) is 2. The van der Waals surface area contributed by atoms with Crippen molar-refractivity contribution < 1.29 is 14.7 Å². The van der Waals surface area contributed by atoms with Crippen molar-refractivity contribution in [3.8, 4) is 0 Å². The Labute approximate surface area is 57.9 Å². The molecule has 0 saturated heterocycles. The van der Waals surface area contributed by atoms with Gasteiger partial charge in [0.1, 0.15) is 0 Å². The van der Waals surface area contributed by atoms with E-state index >= 15 is 0 Å². The number of carboxylic acids is 1. The molecule has 0 aliphatic carbocycles. The highest BCUT2D eigenvalue weighted by Crippen LogP contribution is 1.72. The molecule has 10 heavy (non-hydrogen) atoms. The van der Waals surface area contributed by atoms with Gasteiger partial charge in [-0.2, -0.15) is 0 Å². The van der Waals surface area contributed by atoms with Crippen molar-refractivity contribution in [2.24, 2.45) is 0 Å². The van der Waals surface area contributed by atoms with Gasteiger partial charge in [0.2, 0.25) is 5.91 Å². The maximum atomic E-state index is 10.4. The molecule has 0 atom stereocenters. The Morgan fingerprint density at radius 1 is 1.40 bits per heavy atom. The Balaban J connectivity index is 3.77. The molecule has 4 heteroatoms. The Morgan fingerprint density at radius 2 is 2.00 bits per heavy atom. The van der Waals surface area contributed by atoms with Crippen LogP contribution in [-0.4, -0.2) is 17.0 Å². The van der Waals surface area contributed by atoms with Gasteiger partial charge in [0, 0.05) is 12.2 Å². The van der Waals surface area contributed by atoms with Crippen LogP contribution >= 0.6 is 0 Å². The first-order valence-corrected chi connectivity index (χ1v) is 2.49. The van der Waals surface area contributed by atoms with Crippen molar-refractivity contribution in [2.45, 2.75) is 0 Å². The molecule has 0 heterocycles. The van der Waals surface area contributed by atoms with E-state index in [1.54, 1.807) is 0 Å². The van der Waals surface area contributed by atoms with Crippen LogP contribution in [-0.2, 0) is 9.59 Å². The topological polar surface area (TPSA) is 66.4 Å². The highest BCUT2D eigenvalue weighted by atomic mass is 16.4. The van der Waals surface area contributed by atoms with E-state index in [4.69, 9.17) is 5.11 Å². The minimum Gasteiger partial charge on any atom is -0.478 e. The molecule has 0 aromatic rings. The summed E-state index contributed by atoms with van der Waals surface area (Å²) in [5.74, 6) is -1.66. The van der Waals surface area contributed by atoms with Gasteiger partial charge in [-0.1, -0.05) is 6.58 Å². The molecule has 0 unspecified atom stereocenters. The molecule has 54 valence electrons. The van der Waals surface area contributed by atoms with E-state index in [0.717, 1.165) is 12.2 Å². The molecular formula is C6H7NO3. The molecule has 0 saturated carbocycles. The average Bonchev–Trinajstić information content (AvgIpc) is 1.85. The molecule has 0 spiro atoms. The Bertz CT molecular complexity index is 183. The van der Waals surface area contributed by atoms with E-state index in [-0.39, 0.29) is 0 Å². The quantitative estimate of drug-likeness (QED) is 0.539. The van der Waals surface area contributed by atoms with Crippen LogP contribution in [0.5, 0.6) is 0 Å². The van der Waals surface area contributed by atoms with Gasteiger partial charge in [0.05, 0.1) is 0 Å². The number of carbonyl (C=O) groups is 2. The number of aliphatic carboxylic acids is 1. The summed E-state index contributed by atoms with van der Waals surface area (Å²) in [7, 11) is 0. The minimum atomic E-state index is -1.15. The molecule has 0 bridgehead atoms. The number of rotatable bonds is 3. The average molecular weight is 141 g/mol. The van der Waals surface area contributed by atoms with E-state index in [1.165, 1.54) is 6.20 Å². The van der Waals surface area contributed by atoms with Crippen LogP contribution in [0, 0.1) is 0 Å². The Hall–Kier alpha value is -1.58. The predicted molar refractivity (Wildman–Crippen MR) is 35.1 cm³/mol. The van der Waals surface area contributed by atoms with Crippen molar-refractivity contribution in [1.29, 1.82) is 0 Å². The summed E-state index contributed by atoms with van der Waals surface area (Å²) >= 11 is 0. The zero-order valence-corrected chi connectivity index (χ0v) is 5.20. The lowest BCUT2D eigenvalue weighted by Crippen LogP contribution is -2.13. The van der Waals surface area contributed by atoms with Crippen LogP contribution in [0.4, 0.5) is 0 Å². The van der Waals surface area contributed by atoms with Crippen LogP contribution in [0.2, 0.25) is 0 Å². The first kappa shape index (κ1) is 8.42. The molecule has 2 N–H and O–H groups in total. The number of nitrogens with one attached hydrogen (secondary N) is 1. The van der Waals surface area contributed by atoms with Crippen molar-refractivity contribution in [2.75, 3.05) is 0 Å². The predicted octanol–water partition coefficient (Wildman–Crippen LogP) is -0.113. The van der Waals surface area contributed by atoms with Crippen LogP contribution in [0.3, 0.4) is 0 Å². The monoisotopic (exact) mass is 141 g/mol. The van der Waals surface area contributed by atoms with Gasteiger partial charge < -0.3 is 10.4 Å². The Morgan fingerprint density at radius 3 is 2.40 bits per heavy atom. The molecule has 0 aromatic carbocycles. The van der Waals surface area contributed by atoms with Crippen LogP contribution in [0.1, 0.15) is 0 Å². The van der Waals surface area contributed by atoms with Gasteiger partial charge in [0.15, 0.2) is 0 Å². The van der Waals surface area contributed by atoms with Gasteiger partial charge in [0.25, 0.3) is 0 Å². The van der Waals surface area contributed by atoms with E-state index in [9.17, 15) is 9.59 Å². The number of hydrogen-bond acceptors (Lipinski definition) is 2. The maximum absolute atomic E-state index is 10.4. The summed E-state index contributed by atoms with van der Waals surface area (Å²) in [4.78, 5) is 20.2. The Kier molecular flexibility index (Phi) is 3.63. The summed E-state index contributed by atoms with van der Waals surface area (Å²) in [6, 6.07) is 0. The van der Waals surface area contributed by atoms with Gasteiger partial charge >= 0.3 is 5.97 Å². The smallest absolute Gasteiger partial charge is 0.328 e. The summed E-state index contributed by atoms with van der Waals surface area (Å²) < 4.78 is 0. The first-order chi connectivity index (χ1) is 4.66. The first-order valence-electron chi connectivity index (χ1n) is 2.49. The summed E-state index contributed by atoms with van der Waals surface area (Å²) in [6.45, 7) is 3.21. The number of carboxylic acid groups (broad SMARTS) is 1. The summed E-state index contributed by atoms with van der Waals surface area (Å²) in [5, 5.41) is 10.2. The SMILES string of the molecule is C=CNC(=O)C=CC(=O)O. The second-order valence-corrected chi connectivity index (χ2v) is 1.38. The zero-order valence-electron chi connectivity index (χ0n) is 5.20. The van der Waals surface area contributed by atoms with Gasteiger partial charge in [-0.05, 0) is 6.20 Å². The highest BCUT2D eigenvalue weighted by Gasteiger charge is 1.90. The fraction of sp³-hybridized carbons (Fsp3) is 0. The minimum absolute atomic E-state index is 0.502. The molecule has 0 aliphatic heterocycles. The molecule has 1 amide bonds. The lowest BCUT2D eigenvalue weighted by molar-refractivity contribution is -0.131. The van der Waals surface area contributed by atoms with Crippen LogP contribution in [0.15, 0.2) is 24.9 Å². The largest absolute Gasteiger partial charge is 0.478 e. The summed E-state index contributed by atoms with van der Waals surface area (Å²) in [6.07, 6.45) is 2.83. The lowest BCUT2D eigenvalue weighted by Gasteiger charge is -1.87. The normalized spacial score (nSPS) is 9.20. The van der Waals surface area contributed by atoms with E-state index in [1.807, 2.05) is 0 Å².